The number of hydrogen-bond donors (Lipinski definition) is 0. The highest BCUT2D eigenvalue weighted by molar-refractivity contribution is 7.21. The fraction of sp³-hybridized carbons (Fsp3) is 0.0714. The number of nitrogens with zero attached hydrogens (tertiary/aromatic N) is 4. The van der Waals surface area contributed by atoms with E-state index >= 15 is 0 Å². The Morgan fingerprint density at radius 2 is 1.36 bits per heavy atom. The molecule has 0 amide bonds. The number of hydrogen-bond acceptors (Lipinski definition) is 4. The van der Waals surface area contributed by atoms with Crippen molar-refractivity contribution >= 4 is 54.1 Å². The van der Waals surface area contributed by atoms with Gasteiger partial charge in [-0.15, -0.1) is 11.3 Å². The summed E-state index contributed by atoms with van der Waals surface area (Å²) in [7, 11) is 0. The zero-order chi connectivity index (χ0) is 31.3. The Labute approximate surface area is 275 Å². The highest BCUT2D eigenvalue weighted by atomic mass is 32.1. The van der Waals surface area contributed by atoms with Gasteiger partial charge in [0.15, 0.2) is 0 Å². The predicted molar refractivity (Wildman–Crippen MR) is 195 cm³/mol. The molecule has 0 spiro atoms. The van der Waals surface area contributed by atoms with Crippen molar-refractivity contribution in [1.29, 1.82) is 0 Å². The molecular weight excluding hydrogens is 593 g/mol. The van der Waals surface area contributed by atoms with E-state index in [4.69, 9.17) is 9.97 Å². The van der Waals surface area contributed by atoms with Crippen molar-refractivity contribution in [3.8, 4) is 39.5 Å². The third-order valence-electron chi connectivity index (χ3n) is 9.87. The SMILES string of the molecule is CC1(C)c2ccccc2-c2c1sc1c2ccc2c3ccccc3n(-c3nc(-c4ccc(-c5cccnc5)cc4)c4ccccc4n3)c21. The number of pyridine rings is 1. The van der Waals surface area contributed by atoms with E-state index in [1.165, 1.54) is 47.9 Å². The Bertz CT molecular complexity index is 2700. The molecule has 0 saturated heterocycles. The lowest BCUT2D eigenvalue weighted by Crippen LogP contribution is -2.13. The molecule has 0 bridgehead atoms. The van der Waals surface area contributed by atoms with E-state index in [0.717, 1.165) is 38.8 Å². The molecule has 4 heterocycles. The molecule has 0 N–H and O–H groups in total. The fourth-order valence-corrected chi connectivity index (χ4v) is 9.09. The lowest BCUT2D eigenvalue weighted by atomic mass is 9.87. The third-order valence-corrected chi connectivity index (χ3v) is 11.4. The molecule has 9 aromatic rings. The first kappa shape index (κ1) is 26.6. The molecule has 5 aromatic carbocycles. The molecule has 1 aliphatic rings. The predicted octanol–water partition coefficient (Wildman–Crippen LogP) is 11.0. The number of para-hydroxylation sites is 2. The smallest absolute Gasteiger partial charge is 0.235 e. The Morgan fingerprint density at radius 3 is 2.21 bits per heavy atom. The third kappa shape index (κ3) is 3.72. The summed E-state index contributed by atoms with van der Waals surface area (Å²) in [5.74, 6) is 0.682. The molecule has 4 aromatic heterocycles. The number of rotatable bonds is 3. The number of aromatic nitrogens is 4. The van der Waals surface area contributed by atoms with Gasteiger partial charge >= 0.3 is 0 Å². The van der Waals surface area contributed by atoms with Crippen molar-refractivity contribution in [2.45, 2.75) is 19.3 Å². The van der Waals surface area contributed by atoms with Crippen LogP contribution in [0.2, 0.25) is 0 Å². The van der Waals surface area contributed by atoms with Crippen LogP contribution in [0.25, 0.3) is 82.3 Å². The minimum absolute atomic E-state index is 0.0621. The van der Waals surface area contributed by atoms with Crippen LogP contribution in [0, 0.1) is 0 Å². The van der Waals surface area contributed by atoms with Crippen LogP contribution in [0.4, 0.5) is 0 Å². The van der Waals surface area contributed by atoms with Crippen LogP contribution in [0.5, 0.6) is 0 Å². The maximum Gasteiger partial charge on any atom is 0.235 e. The van der Waals surface area contributed by atoms with Crippen LogP contribution in [-0.2, 0) is 5.41 Å². The van der Waals surface area contributed by atoms with Gasteiger partial charge in [-0.25, -0.2) is 9.97 Å². The first-order chi connectivity index (χ1) is 23.1. The molecule has 0 fully saturated rings. The average molecular weight is 621 g/mol. The van der Waals surface area contributed by atoms with E-state index in [1.807, 2.05) is 23.6 Å². The van der Waals surface area contributed by atoms with Crippen molar-refractivity contribution in [2.24, 2.45) is 0 Å². The minimum Gasteiger partial charge on any atom is -0.276 e. The van der Waals surface area contributed by atoms with Crippen molar-refractivity contribution < 1.29 is 0 Å². The summed E-state index contributed by atoms with van der Waals surface area (Å²) in [5.41, 5.74) is 11.5. The van der Waals surface area contributed by atoms with Crippen LogP contribution >= 0.6 is 11.3 Å². The maximum absolute atomic E-state index is 5.40. The Morgan fingerprint density at radius 1 is 0.617 bits per heavy atom. The minimum atomic E-state index is -0.0621. The molecule has 0 aliphatic heterocycles. The molecule has 4 nitrogen and oxygen atoms in total. The van der Waals surface area contributed by atoms with Gasteiger partial charge in [0.25, 0.3) is 0 Å². The van der Waals surface area contributed by atoms with Gasteiger partial charge in [0, 0.05) is 55.4 Å². The lowest BCUT2D eigenvalue weighted by Gasteiger charge is -2.19. The summed E-state index contributed by atoms with van der Waals surface area (Å²) in [6.45, 7) is 4.72. The normalized spacial score (nSPS) is 13.5. The monoisotopic (exact) mass is 620 g/mol. The molecule has 0 unspecified atom stereocenters. The van der Waals surface area contributed by atoms with Crippen molar-refractivity contribution in [2.75, 3.05) is 0 Å². The van der Waals surface area contributed by atoms with E-state index in [0.29, 0.717) is 5.95 Å². The van der Waals surface area contributed by atoms with Gasteiger partial charge in [-0.1, -0.05) is 117 Å². The van der Waals surface area contributed by atoms with Crippen LogP contribution in [-0.4, -0.2) is 19.5 Å². The first-order valence-electron chi connectivity index (χ1n) is 15.9. The second kappa shape index (κ2) is 9.68. The maximum atomic E-state index is 5.40. The van der Waals surface area contributed by atoms with Crippen molar-refractivity contribution in [1.82, 2.24) is 19.5 Å². The molecule has 222 valence electrons. The zero-order valence-electron chi connectivity index (χ0n) is 25.9. The van der Waals surface area contributed by atoms with E-state index in [-0.39, 0.29) is 5.41 Å². The van der Waals surface area contributed by atoms with Gasteiger partial charge in [-0.2, -0.15) is 0 Å². The summed E-state index contributed by atoms with van der Waals surface area (Å²) in [6.07, 6.45) is 3.70. The van der Waals surface area contributed by atoms with E-state index in [9.17, 15) is 0 Å². The van der Waals surface area contributed by atoms with Crippen LogP contribution in [0.15, 0.2) is 134 Å². The molecule has 10 rings (SSSR count). The zero-order valence-corrected chi connectivity index (χ0v) is 26.7. The summed E-state index contributed by atoms with van der Waals surface area (Å²) < 4.78 is 3.59. The van der Waals surface area contributed by atoms with E-state index < -0.39 is 0 Å². The molecule has 0 radical (unpaired) electrons. The summed E-state index contributed by atoms with van der Waals surface area (Å²) >= 11 is 1.93. The Kier molecular flexibility index (Phi) is 5.47. The molecule has 47 heavy (non-hydrogen) atoms. The standard InChI is InChI=1S/C42H28N4S/c1-42(2)33-14-6-3-12-30(33)36-32-22-21-29-28-11-5-8-16-35(28)46(38(29)39(32)47-40(36)42)41-44-34-15-7-4-13-31(34)37(45-41)26-19-17-25(18-20-26)27-10-9-23-43-24-27/h3-24H,1-2H3. The van der Waals surface area contributed by atoms with E-state index in [2.05, 4.69) is 139 Å². The van der Waals surface area contributed by atoms with Crippen LogP contribution < -0.4 is 0 Å². The Hall–Kier alpha value is -5.65. The molecule has 1 aliphatic carbocycles. The second-order valence-corrected chi connectivity index (χ2v) is 13.9. The first-order valence-corrected chi connectivity index (χ1v) is 16.8. The van der Waals surface area contributed by atoms with Gasteiger partial charge in [0.05, 0.1) is 26.9 Å². The lowest BCUT2D eigenvalue weighted by molar-refractivity contribution is 0.674. The summed E-state index contributed by atoms with van der Waals surface area (Å²) in [5, 5.41) is 4.76. The quantitative estimate of drug-likeness (QED) is 0.197. The largest absolute Gasteiger partial charge is 0.276 e. The van der Waals surface area contributed by atoms with Crippen molar-refractivity contribution in [3.05, 3.63) is 144 Å². The number of fused-ring (bicyclic) bond motifs is 10. The molecular formula is C42H28N4S. The van der Waals surface area contributed by atoms with Gasteiger partial charge in [-0.3, -0.25) is 9.55 Å². The average Bonchev–Trinajstić information content (AvgIpc) is 3.75. The molecule has 5 heteroatoms. The molecule has 0 saturated carbocycles. The Balaban J connectivity index is 1.26. The summed E-state index contributed by atoms with van der Waals surface area (Å²) in [6, 6.07) is 43.2. The van der Waals surface area contributed by atoms with Gasteiger partial charge in [0.1, 0.15) is 0 Å². The van der Waals surface area contributed by atoms with Gasteiger partial charge < -0.3 is 0 Å². The number of benzene rings is 5. The summed E-state index contributed by atoms with van der Waals surface area (Å²) in [4.78, 5) is 16.4. The second-order valence-electron chi connectivity index (χ2n) is 12.9. The molecule has 0 atom stereocenters. The fourth-order valence-electron chi connectivity index (χ4n) is 7.63. The number of thiophene rings is 1. The topological polar surface area (TPSA) is 43.6 Å². The van der Waals surface area contributed by atoms with Gasteiger partial charge in [-0.05, 0) is 40.5 Å². The highest BCUT2D eigenvalue weighted by Crippen LogP contribution is 2.56. The highest BCUT2D eigenvalue weighted by Gasteiger charge is 2.39. The van der Waals surface area contributed by atoms with Gasteiger partial charge in [0.2, 0.25) is 5.95 Å². The van der Waals surface area contributed by atoms with Crippen LogP contribution in [0.1, 0.15) is 24.3 Å². The van der Waals surface area contributed by atoms with Crippen LogP contribution in [0.3, 0.4) is 0 Å². The van der Waals surface area contributed by atoms with E-state index in [1.54, 1.807) is 6.20 Å². The van der Waals surface area contributed by atoms with Crippen molar-refractivity contribution in [3.63, 3.8) is 0 Å².